The van der Waals surface area contributed by atoms with E-state index in [-0.39, 0.29) is 6.04 Å². The molecule has 0 bridgehead atoms. The van der Waals surface area contributed by atoms with Crippen molar-refractivity contribution in [3.05, 3.63) is 78.2 Å². The first-order chi connectivity index (χ1) is 15.7. The highest BCUT2D eigenvalue weighted by molar-refractivity contribution is 5.78. The summed E-state index contributed by atoms with van der Waals surface area (Å²) in [5, 5.41) is 14.8. The Bertz CT molecular complexity index is 1210. The minimum absolute atomic E-state index is 0.285. The molecule has 0 radical (unpaired) electrons. The highest BCUT2D eigenvalue weighted by atomic mass is 15.3. The van der Waals surface area contributed by atoms with Crippen LogP contribution < -0.4 is 16.0 Å². The van der Waals surface area contributed by atoms with Crippen molar-refractivity contribution >= 4 is 23.1 Å². The summed E-state index contributed by atoms with van der Waals surface area (Å²) in [7, 11) is 0. The Morgan fingerprint density at radius 1 is 0.969 bits per heavy atom. The average Bonchev–Trinajstić information content (AvgIpc) is 3.30. The number of hydrogen-bond acceptors (Lipinski definition) is 6. The molecule has 5 rings (SSSR count). The molecule has 0 unspecified atom stereocenters. The van der Waals surface area contributed by atoms with Crippen LogP contribution in [0.4, 0.5) is 23.1 Å². The number of rotatable bonds is 6. The van der Waals surface area contributed by atoms with E-state index in [0.29, 0.717) is 5.95 Å². The molecule has 2 aromatic carbocycles. The van der Waals surface area contributed by atoms with Crippen LogP contribution in [0.1, 0.15) is 31.0 Å². The summed E-state index contributed by atoms with van der Waals surface area (Å²) < 4.78 is 1.94. The van der Waals surface area contributed by atoms with E-state index in [0.717, 1.165) is 47.8 Å². The molecule has 4 aromatic rings. The predicted molar refractivity (Wildman–Crippen MR) is 128 cm³/mol. The minimum Gasteiger partial charge on any atom is -0.340 e. The van der Waals surface area contributed by atoms with Gasteiger partial charge in [0.25, 0.3) is 0 Å². The summed E-state index contributed by atoms with van der Waals surface area (Å²) in [5.74, 6) is 1.28. The molecule has 0 saturated carbocycles. The molecule has 7 nitrogen and oxygen atoms in total. The third kappa shape index (κ3) is 4.33. The largest absolute Gasteiger partial charge is 0.340 e. The molecular formula is C25H27N7. The van der Waals surface area contributed by atoms with Crippen molar-refractivity contribution in [2.45, 2.75) is 32.9 Å². The van der Waals surface area contributed by atoms with Crippen molar-refractivity contribution in [3.63, 3.8) is 0 Å². The van der Waals surface area contributed by atoms with Gasteiger partial charge in [0, 0.05) is 47.5 Å². The first-order valence-electron chi connectivity index (χ1n) is 11.0. The van der Waals surface area contributed by atoms with E-state index in [1.54, 1.807) is 0 Å². The van der Waals surface area contributed by atoms with Crippen LogP contribution in [-0.2, 0) is 13.0 Å². The molecule has 0 saturated heterocycles. The average molecular weight is 426 g/mol. The van der Waals surface area contributed by atoms with Gasteiger partial charge in [-0.2, -0.15) is 10.1 Å². The number of anilines is 4. The Labute approximate surface area is 187 Å². The van der Waals surface area contributed by atoms with Gasteiger partial charge in [0.1, 0.15) is 5.82 Å². The van der Waals surface area contributed by atoms with Crippen molar-refractivity contribution in [2.24, 2.45) is 0 Å². The zero-order chi connectivity index (χ0) is 21.9. The summed E-state index contributed by atoms with van der Waals surface area (Å²) in [6, 6.07) is 16.8. The highest BCUT2D eigenvalue weighted by Gasteiger charge is 2.15. The number of nitrogens with one attached hydrogen (secondary N) is 3. The van der Waals surface area contributed by atoms with Crippen LogP contribution in [0.25, 0.3) is 11.1 Å². The zero-order valence-electron chi connectivity index (χ0n) is 18.3. The molecule has 0 atom stereocenters. The SMILES string of the molecule is CC(C)n1cc(-c2cnc(Nc3ccccc3)nc2Nc2ccc3c(c2)CNCC3)cn1. The summed E-state index contributed by atoms with van der Waals surface area (Å²) in [6.07, 6.45) is 6.82. The first-order valence-corrected chi connectivity index (χ1v) is 11.0. The van der Waals surface area contributed by atoms with Crippen molar-refractivity contribution in [2.75, 3.05) is 17.2 Å². The maximum Gasteiger partial charge on any atom is 0.229 e. The summed E-state index contributed by atoms with van der Waals surface area (Å²) >= 11 is 0. The quantitative estimate of drug-likeness (QED) is 0.401. The first kappa shape index (κ1) is 20.2. The third-order valence-electron chi connectivity index (χ3n) is 5.62. The van der Waals surface area contributed by atoms with Gasteiger partial charge in [0.2, 0.25) is 5.95 Å². The molecule has 2 aromatic heterocycles. The Kier molecular flexibility index (Phi) is 5.56. The van der Waals surface area contributed by atoms with Crippen molar-refractivity contribution in [1.29, 1.82) is 0 Å². The van der Waals surface area contributed by atoms with E-state index in [1.165, 1.54) is 11.1 Å². The molecule has 7 heteroatoms. The van der Waals surface area contributed by atoms with Crippen molar-refractivity contribution in [3.8, 4) is 11.1 Å². The van der Waals surface area contributed by atoms with Crippen LogP contribution >= 0.6 is 0 Å². The summed E-state index contributed by atoms with van der Waals surface area (Å²) in [6.45, 7) is 6.15. The molecule has 3 N–H and O–H groups in total. The van der Waals surface area contributed by atoms with Crippen LogP contribution in [0.2, 0.25) is 0 Å². The third-order valence-corrected chi connectivity index (χ3v) is 5.62. The van der Waals surface area contributed by atoms with Crippen LogP contribution in [0.3, 0.4) is 0 Å². The van der Waals surface area contributed by atoms with Gasteiger partial charge in [-0.25, -0.2) is 4.98 Å². The van der Waals surface area contributed by atoms with E-state index in [4.69, 9.17) is 4.98 Å². The highest BCUT2D eigenvalue weighted by Crippen LogP contribution is 2.31. The van der Waals surface area contributed by atoms with Gasteiger partial charge in [-0.15, -0.1) is 0 Å². The Balaban J connectivity index is 1.51. The number of hydrogen-bond donors (Lipinski definition) is 3. The maximum absolute atomic E-state index is 4.82. The van der Waals surface area contributed by atoms with Gasteiger partial charge in [-0.3, -0.25) is 4.68 Å². The fourth-order valence-corrected chi connectivity index (χ4v) is 3.85. The Hall–Kier alpha value is -3.71. The summed E-state index contributed by atoms with van der Waals surface area (Å²) in [5.41, 5.74) is 6.57. The van der Waals surface area contributed by atoms with Gasteiger partial charge < -0.3 is 16.0 Å². The van der Waals surface area contributed by atoms with Crippen molar-refractivity contribution < 1.29 is 0 Å². The van der Waals surface area contributed by atoms with Gasteiger partial charge in [-0.1, -0.05) is 24.3 Å². The van der Waals surface area contributed by atoms with E-state index < -0.39 is 0 Å². The molecule has 162 valence electrons. The van der Waals surface area contributed by atoms with Gasteiger partial charge in [-0.05, 0) is 62.2 Å². The number of fused-ring (bicyclic) bond motifs is 1. The molecule has 3 heterocycles. The molecule has 1 aliphatic heterocycles. The van der Waals surface area contributed by atoms with Crippen LogP contribution in [0.5, 0.6) is 0 Å². The molecular weight excluding hydrogens is 398 g/mol. The van der Waals surface area contributed by atoms with E-state index in [1.807, 2.05) is 53.6 Å². The topological polar surface area (TPSA) is 79.7 Å². The molecule has 0 aliphatic carbocycles. The lowest BCUT2D eigenvalue weighted by Gasteiger charge is -2.19. The predicted octanol–water partition coefficient (Wildman–Crippen LogP) is 5.05. The second kappa shape index (κ2) is 8.80. The minimum atomic E-state index is 0.285. The fourth-order valence-electron chi connectivity index (χ4n) is 3.85. The molecule has 32 heavy (non-hydrogen) atoms. The van der Waals surface area contributed by atoms with Gasteiger partial charge >= 0.3 is 0 Å². The lowest BCUT2D eigenvalue weighted by molar-refractivity contribution is 0.532. The van der Waals surface area contributed by atoms with E-state index in [9.17, 15) is 0 Å². The summed E-state index contributed by atoms with van der Waals surface area (Å²) in [4.78, 5) is 9.39. The fraction of sp³-hybridized carbons (Fsp3) is 0.240. The number of nitrogens with zero attached hydrogens (tertiary/aromatic N) is 4. The standard InChI is InChI=1S/C25H27N7/c1-17(2)32-16-20(14-28-32)23-15-27-25(30-21-6-4-3-5-7-21)31-24(23)29-22-9-8-18-10-11-26-13-19(18)12-22/h3-9,12,14-17,26H,10-11,13H2,1-2H3,(H2,27,29,30,31). The molecule has 1 aliphatic rings. The number of aromatic nitrogens is 4. The smallest absolute Gasteiger partial charge is 0.229 e. The second-order valence-electron chi connectivity index (χ2n) is 8.28. The van der Waals surface area contributed by atoms with Crippen LogP contribution in [0, 0.1) is 0 Å². The maximum atomic E-state index is 4.82. The molecule has 0 fully saturated rings. The normalized spacial score (nSPS) is 13.1. The van der Waals surface area contributed by atoms with Gasteiger partial charge in [0.05, 0.1) is 6.20 Å². The lowest BCUT2D eigenvalue weighted by Crippen LogP contribution is -2.23. The number of benzene rings is 2. The monoisotopic (exact) mass is 425 g/mol. The van der Waals surface area contributed by atoms with Crippen LogP contribution in [-0.4, -0.2) is 26.3 Å². The van der Waals surface area contributed by atoms with Crippen LogP contribution in [0.15, 0.2) is 67.1 Å². The Morgan fingerprint density at radius 2 is 1.84 bits per heavy atom. The van der Waals surface area contributed by atoms with Crippen molar-refractivity contribution in [1.82, 2.24) is 25.1 Å². The number of para-hydroxylation sites is 1. The molecule has 0 amide bonds. The zero-order valence-corrected chi connectivity index (χ0v) is 18.3. The van der Waals surface area contributed by atoms with E-state index >= 15 is 0 Å². The second-order valence-corrected chi connectivity index (χ2v) is 8.28. The van der Waals surface area contributed by atoms with E-state index in [2.05, 4.69) is 58.1 Å². The lowest BCUT2D eigenvalue weighted by atomic mass is 10.0. The van der Waals surface area contributed by atoms with Gasteiger partial charge in [0.15, 0.2) is 0 Å². The molecule has 0 spiro atoms. The Morgan fingerprint density at radius 3 is 2.66 bits per heavy atom.